The molecule has 2 rings (SSSR count). The van der Waals surface area contributed by atoms with Crippen molar-refractivity contribution in [1.29, 1.82) is 0 Å². The molecule has 2 nitrogen and oxygen atoms in total. The van der Waals surface area contributed by atoms with Crippen molar-refractivity contribution in [2.75, 3.05) is 19.0 Å². The van der Waals surface area contributed by atoms with Crippen LogP contribution in [0.4, 0.5) is 5.69 Å². The van der Waals surface area contributed by atoms with E-state index in [2.05, 4.69) is 5.32 Å². The number of anilines is 1. The van der Waals surface area contributed by atoms with Crippen LogP contribution in [0.3, 0.4) is 0 Å². The number of ether oxygens (including phenoxy) is 1. The minimum absolute atomic E-state index is 0.00333. The Morgan fingerprint density at radius 3 is 2.21 bits per heavy atom. The number of benzene rings is 2. The van der Waals surface area contributed by atoms with Crippen molar-refractivity contribution in [2.45, 2.75) is 6.04 Å². The van der Waals surface area contributed by atoms with Crippen LogP contribution in [0.25, 0.3) is 0 Å². The van der Waals surface area contributed by atoms with Gasteiger partial charge in [-0.2, -0.15) is 0 Å². The van der Waals surface area contributed by atoms with Gasteiger partial charge in [-0.3, -0.25) is 0 Å². The van der Waals surface area contributed by atoms with Crippen LogP contribution in [0.2, 0.25) is 10.0 Å². The molecule has 1 atom stereocenters. The third-order valence-corrected chi connectivity index (χ3v) is 3.45. The number of rotatable bonds is 5. The minimum atomic E-state index is 0.00333. The molecule has 0 amide bonds. The van der Waals surface area contributed by atoms with Gasteiger partial charge in [-0.25, -0.2) is 0 Å². The molecule has 2 aromatic carbocycles. The lowest BCUT2D eigenvalue weighted by atomic mass is 10.1. The molecule has 0 aromatic heterocycles. The Labute approximate surface area is 123 Å². The van der Waals surface area contributed by atoms with Gasteiger partial charge in [-0.1, -0.05) is 59.6 Å². The predicted molar refractivity (Wildman–Crippen MR) is 81.1 cm³/mol. The van der Waals surface area contributed by atoms with E-state index in [1.54, 1.807) is 7.11 Å². The first-order valence-corrected chi connectivity index (χ1v) is 6.72. The van der Waals surface area contributed by atoms with E-state index >= 15 is 0 Å². The van der Waals surface area contributed by atoms with Crippen LogP contribution in [0.1, 0.15) is 11.6 Å². The van der Waals surface area contributed by atoms with Crippen LogP contribution < -0.4 is 5.32 Å². The average Bonchev–Trinajstić information content (AvgIpc) is 2.43. The SMILES string of the molecule is COCC(Nc1c(Cl)cccc1Cl)c1ccccc1. The molecule has 0 saturated carbocycles. The standard InChI is InChI=1S/C15H15Cl2NO/c1-19-10-14(11-6-3-2-4-7-11)18-15-12(16)8-5-9-13(15)17/h2-9,14,18H,10H2,1H3. The van der Waals surface area contributed by atoms with Crippen LogP contribution in [-0.4, -0.2) is 13.7 Å². The summed E-state index contributed by atoms with van der Waals surface area (Å²) in [6, 6.07) is 15.5. The molecule has 0 spiro atoms. The summed E-state index contributed by atoms with van der Waals surface area (Å²) < 4.78 is 5.26. The maximum absolute atomic E-state index is 6.17. The van der Waals surface area contributed by atoms with Crippen molar-refractivity contribution in [3.63, 3.8) is 0 Å². The number of hydrogen-bond donors (Lipinski definition) is 1. The molecule has 0 aliphatic rings. The van der Waals surface area contributed by atoms with Gasteiger partial charge in [0.05, 0.1) is 28.4 Å². The van der Waals surface area contributed by atoms with Crippen LogP contribution >= 0.6 is 23.2 Å². The molecule has 0 fully saturated rings. The molecule has 2 aromatic rings. The highest BCUT2D eigenvalue weighted by atomic mass is 35.5. The zero-order valence-electron chi connectivity index (χ0n) is 10.6. The van der Waals surface area contributed by atoms with E-state index < -0.39 is 0 Å². The Bertz CT molecular complexity index is 511. The average molecular weight is 296 g/mol. The van der Waals surface area contributed by atoms with Gasteiger partial charge >= 0.3 is 0 Å². The van der Waals surface area contributed by atoms with Gasteiger partial charge in [0.15, 0.2) is 0 Å². The lowest BCUT2D eigenvalue weighted by Crippen LogP contribution is -2.16. The zero-order chi connectivity index (χ0) is 13.7. The highest BCUT2D eigenvalue weighted by Crippen LogP contribution is 2.33. The zero-order valence-corrected chi connectivity index (χ0v) is 12.1. The first kappa shape index (κ1) is 14.2. The fraction of sp³-hybridized carbons (Fsp3) is 0.200. The first-order valence-electron chi connectivity index (χ1n) is 5.97. The number of halogens is 2. The highest BCUT2D eigenvalue weighted by Gasteiger charge is 2.14. The fourth-order valence-electron chi connectivity index (χ4n) is 1.88. The summed E-state index contributed by atoms with van der Waals surface area (Å²) in [6.45, 7) is 0.533. The molecule has 100 valence electrons. The van der Waals surface area contributed by atoms with Crippen LogP contribution in [-0.2, 0) is 4.74 Å². The quantitative estimate of drug-likeness (QED) is 0.856. The van der Waals surface area contributed by atoms with E-state index in [0.717, 1.165) is 11.3 Å². The summed E-state index contributed by atoms with van der Waals surface area (Å²) in [7, 11) is 1.67. The predicted octanol–water partition coefficient (Wildman–Crippen LogP) is 4.79. The first-order chi connectivity index (χ1) is 9.22. The van der Waals surface area contributed by atoms with Gasteiger partial charge in [0.1, 0.15) is 0 Å². The molecule has 0 bridgehead atoms. The number of nitrogens with one attached hydrogen (secondary N) is 1. The fourth-order valence-corrected chi connectivity index (χ4v) is 2.39. The molecule has 0 aliphatic carbocycles. The van der Waals surface area contributed by atoms with Crippen molar-refractivity contribution in [3.05, 3.63) is 64.1 Å². The Kier molecular flexibility index (Phi) is 5.08. The molecule has 4 heteroatoms. The van der Waals surface area contributed by atoms with E-state index in [4.69, 9.17) is 27.9 Å². The van der Waals surface area contributed by atoms with E-state index in [1.165, 1.54) is 0 Å². The Morgan fingerprint density at radius 2 is 1.63 bits per heavy atom. The third kappa shape index (κ3) is 3.63. The number of hydrogen-bond acceptors (Lipinski definition) is 2. The third-order valence-electron chi connectivity index (χ3n) is 2.82. The van der Waals surface area contributed by atoms with E-state index in [0.29, 0.717) is 16.7 Å². The van der Waals surface area contributed by atoms with Gasteiger partial charge in [0.25, 0.3) is 0 Å². The van der Waals surface area contributed by atoms with Crippen molar-refractivity contribution >= 4 is 28.9 Å². The summed E-state index contributed by atoms with van der Waals surface area (Å²) in [4.78, 5) is 0. The van der Waals surface area contributed by atoms with Crippen LogP contribution in [0.5, 0.6) is 0 Å². The van der Waals surface area contributed by atoms with Crippen molar-refractivity contribution in [3.8, 4) is 0 Å². The van der Waals surface area contributed by atoms with Gasteiger partial charge < -0.3 is 10.1 Å². The molecule has 0 aliphatic heterocycles. The van der Waals surface area contributed by atoms with Gasteiger partial charge in [0, 0.05) is 7.11 Å². The second-order valence-electron chi connectivity index (χ2n) is 4.16. The molecule has 0 radical (unpaired) electrons. The Morgan fingerprint density at radius 1 is 1.00 bits per heavy atom. The summed E-state index contributed by atoms with van der Waals surface area (Å²) in [5, 5.41) is 4.55. The lowest BCUT2D eigenvalue weighted by molar-refractivity contribution is 0.186. The monoisotopic (exact) mass is 295 g/mol. The number of methoxy groups -OCH3 is 1. The van der Waals surface area contributed by atoms with Gasteiger partial charge in [-0.05, 0) is 17.7 Å². The summed E-state index contributed by atoms with van der Waals surface area (Å²) in [5.74, 6) is 0. The van der Waals surface area contributed by atoms with Crippen LogP contribution in [0.15, 0.2) is 48.5 Å². The van der Waals surface area contributed by atoms with Crippen LogP contribution in [0, 0.1) is 0 Å². The molecular formula is C15H15Cl2NO. The molecule has 19 heavy (non-hydrogen) atoms. The lowest BCUT2D eigenvalue weighted by Gasteiger charge is -2.21. The molecular weight excluding hydrogens is 281 g/mol. The normalized spacial score (nSPS) is 12.2. The molecule has 1 N–H and O–H groups in total. The van der Waals surface area contributed by atoms with Gasteiger partial charge in [-0.15, -0.1) is 0 Å². The Balaban J connectivity index is 2.27. The summed E-state index contributed by atoms with van der Waals surface area (Å²) in [5.41, 5.74) is 1.86. The second-order valence-corrected chi connectivity index (χ2v) is 4.97. The summed E-state index contributed by atoms with van der Waals surface area (Å²) >= 11 is 12.3. The van der Waals surface area contributed by atoms with Crippen molar-refractivity contribution in [1.82, 2.24) is 0 Å². The Hall–Kier alpha value is -1.22. The van der Waals surface area contributed by atoms with Crippen molar-refractivity contribution < 1.29 is 4.74 Å². The molecule has 0 heterocycles. The maximum Gasteiger partial charge on any atom is 0.0748 e. The smallest absolute Gasteiger partial charge is 0.0748 e. The van der Waals surface area contributed by atoms with E-state index in [-0.39, 0.29) is 6.04 Å². The molecule has 0 saturated heterocycles. The largest absolute Gasteiger partial charge is 0.382 e. The molecule has 1 unspecified atom stereocenters. The topological polar surface area (TPSA) is 21.3 Å². The van der Waals surface area contributed by atoms with E-state index in [9.17, 15) is 0 Å². The second kappa shape index (κ2) is 6.80. The van der Waals surface area contributed by atoms with Crippen molar-refractivity contribution in [2.24, 2.45) is 0 Å². The van der Waals surface area contributed by atoms with Gasteiger partial charge in [0.2, 0.25) is 0 Å². The van der Waals surface area contributed by atoms with E-state index in [1.807, 2.05) is 48.5 Å². The maximum atomic E-state index is 6.17. The highest BCUT2D eigenvalue weighted by molar-refractivity contribution is 6.39. The summed E-state index contributed by atoms with van der Waals surface area (Å²) in [6.07, 6.45) is 0. The minimum Gasteiger partial charge on any atom is -0.382 e. The number of para-hydroxylation sites is 1.